The molecule has 0 radical (unpaired) electrons. The van der Waals surface area contributed by atoms with Crippen LogP contribution in [0.25, 0.3) is 5.69 Å². The second kappa shape index (κ2) is 4.94. The average molecular weight is 243 g/mol. The smallest absolute Gasteiger partial charge is 0.0654 e. The molecule has 0 aliphatic carbocycles. The van der Waals surface area contributed by atoms with Crippen molar-refractivity contribution in [3.63, 3.8) is 0 Å². The molecule has 1 heterocycles. The van der Waals surface area contributed by atoms with Crippen molar-refractivity contribution in [2.45, 2.75) is 34.2 Å². The Balaban J connectivity index is 2.54. The molecule has 0 spiro atoms. The molecular weight excluding hydrogens is 222 g/mol. The summed E-state index contributed by atoms with van der Waals surface area (Å²) < 4.78 is 2.04. The zero-order chi connectivity index (χ0) is 13.3. The molecule has 0 bridgehead atoms. The van der Waals surface area contributed by atoms with Gasteiger partial charge in [0.15, 0.2) is 0 Å². The van der Waals surface area contributed by atoms with E-state index in [4.69, 9.17) is 0 Å². The first-order valence-electron chi connectivity index (χ1n) is 6.31. The molecule has 2 rings (SSSR count). The second-order valence-electron chi connectivity index (χ2n) is 4.94. The van der Waals surface area contributed by atoms with E-state index in [-0.39, 0.29) is 0 Å². The number of aromatic nitrogens is 2. The van der Waals surface area contributed by atoms with Crippen molar-refractivity contribution in [1.29, 1.82) is 0 Å². The first-order valence-corrected chi connectivity index (χ1v) is 6.31. The summed E-state index contributed by atoms with van der Waals surface area (Å²) in [5, 5.41) is 7.86. The minimum Gasteiger partial charge on any atom is -0.316 e. The van der Waals surface area contributed by atoms with E-state index in [1.807, 2.05) is 11.7 Å². The van der Waals surface area contributed by atoms with Gasteiger partial charge in [0, 0.05) is 17.8 Å². The van der Waals surface area contributed by atoms with Gasteiger partial charge in [-0.15, -0.1) is 0 Å². The predicted molar refractivity (Wildman–Crippen MR) is 75.3 cm³/mol. The maximum atomic E-state index is 4.66. The fourth-order valence-electron chi connectivity index (χ4n) is 2.43. The highest BCUT2D eigenvalue weighted by atomic mass is 15.3. The zero-order valence-electron chi connectivity index (χ0n) is 11.8. The monoisotopic (exact) mass is 243 g/mol. The molecule has 3 heteroatoms. The summed E-state index contributed by atoms with van der Waals surface area (Å²) in [6.45, 7) is 9.30. The molecule has 1 aromatic heterocycles. The zero-order valence-corrected chi connectivity index (χ0v) is 11.8. The Morgan fingerprint density at radius 2 is 1.67 bits per heavy atom. The van der Waals surface area contributed by atoms with Crippen molar-refractivity contribution in [3.05, 3.63) is 46.3 Å². The van der Waals surface area contributed by atoms with E-state index < -0.39 is 0 Å². The summed E-state index contributed by atoms with van der Waals surface area (Å²) in [5.74, 6) is 0. The van der Waals surface area contributed by atoms with Gasteiger partial charge >= 0.3 is 0 Å². The van der Waals surface area contributed by atoms with Crippen molar-refractivity contribution in [1.82, 2.24) is 15.1 Å². The van der Waals surface area contributed by atoms with Gasteiger partial charge in [-0.2, -0.15) is 5.10 Å². The van der Waals surface area contributed by atoms with Gasteiger partial charge in [0.2, 0.25) is 0 Å². The van der Waals surface area contributed by atoms with Crippen LogP contribution >= 0.6 is 0 Å². The molecular formula is C15H21N3. The highest BCUT2D eigenvalue weighted by Gasteiger charge is 2.12. The summed E-state index contributed by atoms with van der Waals surface area (Å²) in [6, 6.07) is 6.54. The lowest BCUT2D eigenvalue weighted by Crippen LogP contribution is -2.07. The van der Waals surface area contributed by atoms with Crippen LogP contribution < -0.4 is 5.32 Å². The Morgan fingerprint density at radius 3 is 2.22 bits per heavy atom. The van der Waals surface area contributed by atoms with E-state index in [0.717, 1.165) is 17.9 Å². The van der Waals surface area contributed by atoms with E-state index in [0.29, 0.717) is 0 Å². The van der Waals surface area contributed by atoms with Crippen LogP contribution in [0.15, 0.2) is 18.2 Å². The molecule has 96 valence electrons. The number of hydrogen-bond donors (Lipinski definition) is 1. The average Bonchev–Trinajstić information content (AvgIpc) is 2.56. The van der Waals surface area contributed by atoms with Crippen LogP contribution in [0.4, 0.5) is 0 Å². The number of nitrogens with one attached hydrogen (secondary N) is 1. The van der Waals surface area contributed by atoms with Crippen LogP contribution in [-0.4, -0.2) is 16.8 Å². The lowest BCUT2D eigenvalue weighted by Gasteiger charge is -2.08. The summed E-state index contributed by atoms with van der Waals surface area (Å²) in [4.78, 5) is 0. The third kappa shape index (κ3) is 2.31. The Bertz CT molecular complexity index is 547. The number of hydrogen-bond acceptors (Lipinski definition) is 2. The second-order valence-corrected chi connectivity index (χ2v) is 4.94. The molecule has 0 fully saturated rings. The first kappa shape index (κ1) is 12.8. The van der Waals surface area contributed by atoms with E-state index >= 15 is 0 Å². The van der Waals surface area contributed by atoms with Gasteiger partial charge in [-0.1, -0.05) is 6.07 Å². The number of rotatable bonds is 3. The van der Waals surface area contributed by atoms with Gasteiger partial charge in [0.25, 0.3) is 0 Å². The normalized spacial score (nSPS) is 10.9. The Morgan fingerprint density at radius 1 is 1.06 bits per heavy atom. The van der Waals surface area contributed by atoms with Crippen LogP contribution in [0, 0.1) is 27.7 Å². The van der Waals surface area contributed by atoms with Crippen molar-refractivity contribution < 1.29 is 0 Å². The van der Waals surface area contributed by atoms with Crippen LogP contribution in [0.1, 0.15) is 28.1 Å². The molecule has 0 saturated heterocycles. The van der Waals surface area contributed by atoms with Crippen LogP contribution in [0.5, 0.6) is 0 Å². The lowest BCUT2D eigenvalue weighted by molar-refractivity contribution is 0.800. The maximum absolute atomic E-state index is 4.66. The van der Waals surface area contributed by atoms with Gasteiger partial charge < -0.3 is 5.32 Å². The standard InChI is InChI=1S/C15H21N3/c1-10-6-11(2)8-14(7-10)18-13(4)15(9-16-5)12(3)17-18/h6-8,16H,9H2,1-5H3. The molecule has 0 saturated carbocycles. The van der Waals surface area contributed by atoms with Gasteiger partial charge in [-0.05, 0) is 58.0 Å². The molecule has 0 aliphatic rings. The first-order chi connectivity index (χ1) is 8.52. The molecule has 0 unspecified atom stereocenters. The lowest BCUT2D eigenvalue weighted by atomic mass is 10.1. The molecule has 2 aromatic rings. The summed E-state index contributed by atoms with van der Waals surface area (Å²) in [5.41, 5.74) is 7.29. The number of nitrogens with zero attached hydrogens (tertiary/aromatic N) is 2. The van der Waals surface area contributed by atoms with Gasteiger partial charge in [0.1, 0.15) is 0 Å². The maximum Gasteiger partial charge on any atom is 0.0654 e. The molecule has 1 N–H and O–H groups in total. The number of benzene rings is 1. The van der Waals surface area contributed by atoms with Crippen molar-refractivity contribution >= 4 is 0 Å². The van der Waals surface area contributed by atoms with E-state index in [9.17, 15) is 0 Å². The number of aryl methyl sites for hydroxylation is 3. The Labute approximate surface area is 109 Å². The minimum absolute atomic E-state index is 0.864. The minimum atomic E-state index is 0.864. The van der Waals surface area contributed by atoms with Crippen LogP contribution in [0.2, 0.25) is 0 Å². The van der Waals surface area contributed by atoms with Gasteiger partial charge in [-0.3, -0.25) is 0 Å². The summed E-state index contributed by atoms with van der Waals surface area (Å²) in [7, 11) is 1.97. The molecule has 3 nitrogen and oxygen atoms in total. The largest absolute Gasteiger partial charge is 0.316 e. The van der Waals surface area contributed by atoms with Crippen LogP contribution in [-0.2, 0) is 6.54 Å². The molecule has 1 aromatic carbocycles. The molecule has 0 amide bonds. The predicted octanol–water partition coefficient (Wildman–Crippen LogP) is 2.83. The summed E-state index contributed by atoms with van der Waals surface area (Å²) in [6.07, 6.45) is 0. The van der Waals surface area contributed by atoms with Gasteiger partial charge in [-0.25, -0.2) is 4.68 Å². The molecule has 0 aliphatic heterocycles. The van der Waals surface area contributed by atoms with E-state index in [1.165, 1.54) is 22.4 Å². The Kier molecular flexibility index (Phi) is 3.53. The van der Waals surface area contributed by atoms with E-state index in [1.54, 1.807) is 0 Å². The van der Waals surface area contributed by atoms with Gasteiger partial charge in [0.05, 0.1) is 11.4 Å². The highest BCUT2D eigenvalue weighted by Crippen LogP contribution is 2.19. The Hall–Kier alpha value is -1.61. The molecule has 0 atom stereocenters. The van der Waals surface area contributed by atoms with Crippen molar-refractivity contribution in [3.8, 4) is 5.69 Å². The topological polar surface area (TPSA) is 29.9 Å². The summed E-state index contributed by atoms with van der Waals surface area (Å²) >= 11 is 0. The van der Waals surface area contributed by atoms with Crippen LogP contribution in [0.3, 0.4) is 0 Å². The quantitative estimate of drug-likeness (QED) is 0.898. The highest BCUT2D eigenvalue weighted by molar-refractivity contribution is 5.42. The van der Waals surface area contributed by atoms with Crippen molar-refractivity contribution in [2.24, 2.45) is 0 Å². The molecule has 18 heavy (non-hydrogen) atoms. The fraction of sp³-hybridized carbons (Fsp3) is 0.400. The SMILES string of the molecule is CNCc1c(C)nn(-c2cc(C)cc(C)c2)c1C. The fourth-order valence-corrected chi connectivity index (χ4v) is 2.43. The third-order valence-electron chi connectivity index (χ3n) is 3.25. The van der Waals surface area contributed by atoms with Crippen molar-refractivity contribution in [2.75, 3.05) is 7.05 Å². The van der Waals surface area contributed by atoms with E-state index in [2.05, 4.69) is 56.3 Å². The third-order valence-corrected chi connectivity index (χ3v) is 3.25.